The van der Waals surface area contributed by atoms with E-state index < -0.39 is 0 Å². The molecule has 3 rings (SSSR count). The number of nitrogens with one attached hydrogen (secondary N) is 1. The second-order valence-electron chi connectivity index (χ2n) is 5.45. The summed E-state index contributed by atoms with van der Waals surface area (Å²) >= 11 is 0. The Balaban J connectivity index is 1.96. The van der Waals surface area contributed by atoms with Crippen LogP contribution in [0.15, 0.2) is 60.8 Å². The van der Waals surface area contributed by atoms with E-state index in [9.17, 15) is 0 Å². The van der Waals surface area contributed by atoms with Gasteiger partial charge in [0.25, 0.3) is 0 Å². The van der Waals surface area contributed by atoms with Crippen molar-refractivity contribution in [1.82, 2.24) is 10.3 Å². The van der Waals surface area contributed by atoms with Crippen molar-refractivity contribution in [3.63, 3.8) is 0 Å². The monoisotopic (exact) mass is 276 g/mol. The zero-order chi connectivity index (χ0) is 14.7. The van der Waals surface area contributed by atoms with E-state index in [1.165, 1.54) is 21.9 Å². The maximum atomic E-state index is 4.63. The second kappa shape index (κ2) is 6.06. The molecule has 1 aromatic heterocycles. The van der Waals surface area contributed by atoms with Gasteiger partial charge in [0.15, 0.2) is 0 Å². The number of benzene rings is 2. The van der Waals surface area contributed by atoms with E-state index in [0.29, 0.717) is 0 Å². The molecule has 0 saturated heterocycles. The Kier molecular flexibility index (Phi) is 3.98. The fourth-order valence-electron chi connectivity index (χ4n) is 2.72. The maximum Gasteiger partial charge on any atom is 0.0654 e. The molecule has 106 valence electrons. The zero-order valence-corrected chi connectivity index (χ0v) is 12.5. The number of fused-ring (bicyclic) bond motifs is 1. The van der Waals surface area contributed by atoms with Crippen molar-refractivity contribution in [2.75, 3.05) is 7.05 Å². The highest BCUT2D eigenvalue weighted by Gasteiger charge is 2.14. The molecular weight excluding hydrogens is 256 g/mol. The lowest BCUT2D eigenvalue weighted by atomic mass is 9.98. The number of aryl methyl sites for hydroxylation is 1. The van der Waals surface area contributed by atoms with Crippen LogP contribution in [0.4, 0.5) is 0 Å². The van der Waals surface area contributed by atoms with Gasteiger partial charge in [0.1, 0.15) is 0 Å². The minimum absolute atomic E-state index is 0.221. The van der Waals surface area contributed by atoms with Crippen LogP contribution in [0.3, 0.4) is 0 Å². The van der Waals surface area contributed by atoms with Crippen LogP contribution in [-0.2, 0) is 6.42 Å². The molecule has 0 fully saturated rings. The Morgan fingerprint density at radius 2 is 1.76 bits per heavy atom. The largest absolute Gasteiger partial charge is 0.311 e. The van der Waals surface area contributed by atoms with E-state index in [2.05, 4.69) is 71.8 Å². The third-order valence-electron chi connectivity index (χ3n) is 3.94. The minimum Gasteiger partial charge on any atom is -0.311 e. The molecule has 0 aliphatic rings. The molecule has 3 aromatic rings. The summed E-state index contributed by atoms with van der Waals surface area (Å²) in [6.07, 6.45) is 2.84. The van der Waals surface area contributed by atoms with Crippen LogP contribution in [0, 0.1) is 6.92 Å². The maximum absolute atomic E-state index is 4.63. The Labute approximate surface area is 125 Å². The van der Waals surface area contributed by atoms with Gasteiger partial charge in [-0.2, -0.15) is 0 Å². The van der Waals surface area contributed by atoms with E-state index >= 15 is 0 Å². The van der Waals surface area contributed by atoms with Crippen LogP contribution >= 0.6 is 0 Å². The van der Waals surface area contributed by atoms with Crippen molar-refractivity contribution < 1.29 is 0 Å². The van der Waals surface area contributed by atoms with Gasteiger partial charge in [0, 0.05) is 11.6 Å². The van der Waals surface area contributed by atoms with Crippen molar-refractivity contribution in [1.29, 1.82) is 0 Å². The average molecular weight is 276 g/mol. The van der Waals surface area contributed by atoms with Gasteiger partial charge in [-0.25, -0.2) is 0 Å². The lowest BCUT2D eigenvalue weighted by molar-refractivity contribution is 0.581. The average Bonchev–Trinajstić information content (AvgIpc) is 2.54. The van der Waals surface area contributed by atoms with Gasteiger partial charge < -0.3 is 5.32 Å². The summed E-state index contributed by atoms with van der Waals surface area (Å²) in [5.74, 6) is 0. The minimum atomic E-state index is 0.221. The van der Waals surface area contributed by atoms with Crippen molar-refractivity contribution >= 4 is 10.8 Å². The van der Waals surface area contributed by atoms with E-state index in [0.717, 1.165) is 12.1 Å². The molecule has 21 heavy (non-hydrogen) atoms. The fourth-order valence-corrected chi connectivity index (χ4v) is 2.72. The summed E-state index contributed by atoms with van der Waals surface area (Å²) in [5, 5.41) is 5.88. The molecule has 1 heterocycles. The zero-order valence-electron chi connectivity index (χ0n) is 12.5. The number of hydrogen-bond acceptors (Lipinski definition) is 2. The smallest absolute Gasteiger partial charge is 0.0654 e. The molecule has 0 spiro atoms. The first-order valence-electron chi connectivity index (χ1n) is 7.34. The summed E-state index contributed by atoms with van der Waals surface area (Å²) in [7, 11) is 2.00. The molecule has 1 N–H and O–H groups in total. The lowest BCUT2D eigenvalue weighted by Gasteiger charge is -2.18. The number of pyridine rings is 1. The normalized spacial score (nSPS) is 12.5. The summed E-state index contributed by atoms with van der Waals surface area (Å²) in [6, 6.07) is 19.5. The van der Waals surface area contributed by atoms with Gasteiger partial charge in [-0.15, -0.1) is 0 Å². The summed E-state index contributed by atoms with van der Waals surface area (Å²) < 4.78 is 0. The Morgan fingerprint density at radius 3 is 2.52 bits per heavy atom. The lowest BCUT2D eigenvalue weighted by Crippen LogP contribution is -2.20. The Morgan fingerprint density at radius 1 is 1.00 bits per heavy atom. The van der Waals surface area contributed by atoms with Gasteiger partial charge >= 0.3 is 0 Å². The van der Waals surface area contributed by atoms with E-state index in [1.54, 1.807) is 0 Å². The van der Waals surface area contributed by atoms with Crippen molar-refractivity contribution in [3.05, 3.63) is 77.6 Å². The second-order valence-corrected chi connectivity index (χ2v) is 5.45. The SMILES string of the molecule is CNC(Cc1ccc(C)cc1)c1nccc2ccccc12. The number of aromatic nitrogens is 1. The van der Waals surface area contributed by atoms with Crippen LogP contribution in [-0.4, -0.2) is 12.0 Å². The van der Waals surface area contributed by atoms with Crippen LogP contribution < -0.4 is 5.32 Å². The predicted molar refractivity (Wildman–Crippen MR) is 88.4 cm³/mol. The van der Waals surface area contributed by atoms with E-state index in [-0.39, 0.29) is 6.04 Å². The predicted octanol–water partition coefficient (Wildman–Crippen LogP) is 4.05. The summed E-state index contributed by atoms with van der Waals surface area (Å²) in [4.78, 5) is 4.63. The molecule has 0 radical (unpaired) electrons. The van der Waals surface area contributed by atoms with Crippen LogP contribution in [0.2, 0.25) is 0 Å². The highest BCUT2D eigenvalue weighted by atomic mass is 14.9. The van der Waals surface area contributed by atoms with Crippen LogP contribution in [0.25, 0.3) is 10.8 Å². The summed E-state index contributed by atoms with van der Waals surface area (Å²) in [5.41, 5.74) is 3.74. The molecule has 0 aliphatic carbocycles. The molecule has 1 unspecified atom stereocenters. The molecular formula is C19H20N2. The third-order valence-corrected chi connectivity index (χ3v) is 3.94. The van der Waals surface area contributed by atoms with E-state index in [1.807, 2.05) is 13.2 Å². The quantitative estimate of drug-likeness (QED) is 0.777. The van der Waals surface area contributed by atoms with Gasteiger partial charge in [0.2, 0.25) is 0 Å². The fraction of sp³-hybridized carbons (Fsp3) is 0.211. The molecule has 2 heteroatoms. The highest BCUT2D eigenvalue weighted by molar-refractivity contribution is 5.84. The first-order chi connectivity index (χ1) is 10.3. The van der Waals surface area contributed by atoms with E-state index in [4.69, 9.17) is 0 Å². The Bertz CT molecular complexity index is 727. The van der Waals surface area contributed by atoms with Gasteiger partial charge in [-0.1, -0.05) is 54.1 Å². The first-order valence-corrected chi connectivity index (χ1v) is 7.34. The van der Waals surface area contributed by atoms with Gasteiger partial charge in [0.05, 0.1) is 11.7 Å². The van der Waals surface area contributed by atoms with Gasteiger partial charge in [-0.3, -0.25) is 4.98 Å². The standard InChI is InChI=1S/C19H20N2/c1-14-7-9-15(10-8-14)13-18(20-2)19-17-6-4-3-5-16(17)11-12-21-19/h3-12,18,20H,13H2,1-2H3. The molecule has 1 atom stereocenters. The number of hydrogen-bond donors (Lipinski definition) is 1. The van der Waals surface area contributed by atoms with Crippen LogP contribution in [0.1, 0.15) is 22.9 Å². The van der Waals surface area contributed by atoms with Crippen molar-refractivity contribution in [2.24, 2.45) is 0 Å². The number of likely N-dealkylation sites (N-methyl/N-ethyl adjacent to an activating group) is 1. The van der Waals surface area contributed by atoms with Gasteiger partial charge in [-0.05, 0) is 37.4 Å². The summed E-state index contributed by atoms with van der Waals surface area (Å²) in [6.45, 7) is 2.12. The number of nitrogens with zero attached hydrogens (tertiary/aromatic N) is 1. The Hall–Kier alpha value is -2.19. The molecule has 2 aromatic carbocycles. The third kappa shape index (κ3) is 2.96. The number of rotatable bonds is 4. The molecule has 0 aliphatic heterocycles. The molecule has 2 nitrogen and oxygen atoms in total. The first kappa shape index (κ1) is 13.8. The van der Waals surface area contributed by atoms with Crippen molar-refractivity contribution in [2.45, 2.75) is 19.4 Å². The topological polar surface area (TPSA) is 24.9 Å². The molecule has 0 saturated carbocycles. The molecule has 0 bridgehead atoms. The molecule has 0 amide bonds. The van der Waals surface area contributed by atoms with Crippen molar-refractivity contribution in [3.8, 4) is 0 Å². The van der Waals surface area contributed by atoms with Crippen LogP contribution in [0.5, 0.6) is 0 Å². The highest BCUT2D eigenvalue weighted by Crippen LogP contribution is 2.24.